The third-order valence-corrected chi connectivity index (χ3v) is 3.95. The number of rotatable bonds is 4. The Morgan fingerprint density at radius 3 is 2.85 bits per heavy atom. The maximum atomic E-state index is 14.4. The summed E-state index contributed by atoms with van der Waals surface area (Å²) in [4.78, 5) is 16.3. The van der Waals surface area contributed by atoms with Gasteiger partial charge in [-0.3, -0.25) is 4.90 Å². The molecule has 1 fully saturated rings. The average molecular weight is 387 g/mol. The van der Waals surface area contributed by atoms with Crippen LogP contribution in [-0.2, 0) is 4.74 Å². The van der Waals surface area contributed by atoms with Crippen LogP contribution < -0.4 is 15.5 Å². The number of hydrogen-bond acceptors (Lipinski definition) is 6. The number of thiocarbonyl (C=S) groups is 1. The molecular weight excluding hydrogens is 375 g/mol. The van der Waals surface area contributed by atoms with E-state index in [2.05, 4.69) is 25.3 Å². The average Bonchev–Trinajstić information content (AvgIpc) is 3.26. The Morgan fingerprint density at radius 2 is 2.19 bits per heavy atom. The van der Waals surface area contributed by atoms with Crippen LogP contribution in [0.3, 0.4) is 0 Å². The summed E-state index contributed by atoms with van der Waals surface area (Å²) in [5, 5.41) is 9.00. The van der Waals surface area contributed by atoms with Crippen molar-refractivity contribution in [2.24, 2.45) is 0 Å². The molecule has 0 aliphatic carbocycles. The van der Waals surface area contributed by atoms with Gasteiger partial charge in [0.2, 0.25) is 0 Å². The van der Waals surface area contributed by atoms with E-state index < -0.39 is 46.8 Å². The first-order chi connectivity index (χ1) is 12.4. The number of amides is 1. The molecule has 2 aromatic rings. The number of carbonyl (C=O) groups is 1. The first-order valence-electron chi connectivity index (χ1n) is 7.30. The molecule has 1 unspecified atom stereocenters. The summed E-state index contributed by atoms with van der Waals surface area (Å²) in [6.45, 7) is 0.0302. The molecule has 1 aromatic heterocycles. The van der Waals surface area contributed by atoms with E-state index in [-0.39, 0.29) is 13.1 Å². The van der Waals surface area contributed by atoms with Crippen molar-refractivity contribution >= 4 is 29.1 Å². The molecule has 26 heavy (non-hydrogen) atoms. The van der Waals surface area contributed by atoms with Gasteiger partial charge in [-0.2, -0.15) is 4.98 Å². The summed E-state index contributed by atoms with van der Waals surface area (Å²) >= 11 is 4.90. The second-order valence-electron chi connectivity index (χ2n) is 5.20. The van der Waals surface area contributed by atoms with E-state index >= 15 is 0 Å². The number of hydrogen-bond donors (Lipinski definition) is 2. The highest BCUT2D eigenvalue weighted by Crippen LogP contribution is 2.33. The molecule has 0 radical (unpaired) electrons. The van der Waals surface area contributed by atoms with Crippen molar-refractivity contribution in [1.29, 1.82) is 0 Å². The smallest absolute Gasteiger partial charge is 0.414 e. The highest BCUT2D eigenvalue weighted by Gasteiger charge is 2.36. The molecule has 0 saturated carbocycles. The molecule has 3 rings (SSSR count). The predicted molar refractivity (Wildman–Crippen MR) is 86.9 cm³/mol. The van der Waals surface area contributed by atoms with Crippen LogP contribution in [-0.4, -0.2) is 47.6 Å². The van der Waals surface area contributed by atoms with Crippen molar-refractivity contribution in [2.75, 3.05) is 25.0 Å². The summed E-state index contributed by atoms with van der Waals surface area (Å²) in [5.41, 5.74) is -1.40. The van der Waals surface area contributed by atoms with E-state index in [4.69, 9.17) is 17.0 Å². The zero-order valence-corrected chi connectivity index (χ0v) is 14.1. The van der Waals surface area contributed by atoms with E-state index in [1.807, 2.05) is 0 Å². The molecule has 1 aliphatic heterocycles. The zero-order chi connectivity index (χ0) is 18.8. The fraction of sp³-hybridized carbons (Fsp3) is 0.286. The number of aromatic nitrogens is 2. The van der Waals surface area contributed by atoms with Gasteiger partial charge in [-0.15, -0.1) is 0 Å². The quantitative estimate of drug-likeness (QED) is 0.604. The standard InChI is InChI=1S/C14H12F3N5O3S/c1-18-13(26)19-3-6-4-22(14(23)24-6)8-2-7(15)9(11(17)10(8)16)12-20-5-21-25-12/h2,5-6H,3-4H2,1H3,(H2,18,19,26). The molecule has 138 valence electrons. The molecule has 0 bridgehead atoms. The SMILES string of the molecule is CNC(=S)NCC1CN(c2cc(F)c(-c3ncno3)c(F)c2F)C(=O)O1. The third-order valence-electron chi connectivity index (χ3n) is 3.60. The van der Waals surface area contributed by atoms with Crippen molar-refractivity contribution in [1.82, 2.24) is 20.8 Å². The van der Waals surface area contributed by atoms with Crippen molar-refractivity contribution < 1.29 is 27.2 Å². The van der Waals surface area contributed by atoms with Crippen LogP contribution >= 0.6 is 12.2 Å². The van der Waals surface area contributed by atoms with E-state index in [1.165, 1.54) is 0 Å². The molecule has 8 nitrogen and oxygen atoms in total. The van der Waals surface area contributed by atoms with Gasteiger partial charge in [0.1, 0.15) is 17.5 Å². The summed E-state index contributed by atoms with van der Waals surface area (Å²) < 4.78 is 52.6. The zero-order valence-electron chi connectivity index (χ0n) is 13.3. The van der Waals surface area contributed by atoms with Crippen LogP contribution in [0.2, 0.25) is 0 Å². The molecule has 1 aromatic carbocycles. The number of ether oxygens (including phenoxy) is 1. The third kappa shape index (κ3) is 3.27. The van der Waals surface area contributed by atoms with Crippen LogP contribution in [0.15, 0.2) is 16.9 Å². The fourth-order valence-electron chi connectivity index (χ4n) is 2.38. The van der Waals surface area contributed by atoms with Gasteiger partial charge in [-0.1, -0.05) is 5.16 Å². The topological polar surface area (TPSA) is 92.5 Å². The van der Waals surface area contributed by atoms with Crippen molar-refractivity contribution in [3.63, 3.8) is 0 Å². The molecule has 1 amide bonds. The van der Waals surface area contributed by atoms with Crippen molar-refractivity contribution in [3.8, 4) is 11.5 Å². The van der Waals surface area contributed by atoms with Crippen LogP contribution in [0.25, 0.3) is 11.5 Å². The van der Waals surface area contributed by atoms with E-state index in [0.717, 1.165) is 11.2 Å². The Balaban J connectivity index is 1.86. The molecule has 12 heteroatoms. The van der Waals surface area contributed by atoms with Crippen LogP contribution in [0.1, 0.15) is 0 Å². The highest BCUT2D eigenvalue weighted by atomic mass is 32.1. The molecule has 1 atom stereocenters. The van der Waals surface area contributed by atoms with Gasteiger partial charge in [-0.25, -0.2) is 18.0 Å². The lowest BCUT2D eigenvalue weighted by Crippen LogP contribution is -2.39. The van der Waals surface area contributed by atoms with E-state index in [0.29, 0.717) is 11.2 Å². The minimum Gasteiger partial charge on any atom is -0.442 e. The number of cyclic esters (lactones) is 1. The Labute approximate surface area is 150 Å². The van der Waals surface area contributed by atoms with Gasteiger partial charge in [0.05, 0.1) is 18.8 Å². The van der Waals surface area contributed by atoms with Gasteiger partial charge >= 0.3 is 6.09 Å². The molecule has 2 heterocycles. The summed E-state index contributed by atoms with van der Waals surface area (Å²) in [6, 6.07) is 0.674. The van der Waals surface area contributed by atoms with Crippen molar-refractivity contribution in [3.05, 3.63) is 29.8 Å². The Hall–Kier alpha value is -2.89. The number of nitrogens with zero attached hydrogens (tertiary/aromatic N) is 3. The molecule has 2 N–H and O–H groups in total. The van der Waals surface area contributed by atoms with Crippen molar-refractivity contribution in [2.45, 2.75) is 6.10 Å². The van der Waals surface area contributed by atoms with Gasteiger partial charge < -0.3 is 19.9 Å². The second kappa shape index (κ2) is 7.15. The van der Waals surface area contributed by atoms with E-state index in [1.54, 1.807) is 7.05 Å². The van der Waals surface area contributed by atoms with Crippen LogP contribution in [0, 0.1) is 17.5 Å². The lowest BCUT2D eigenvalue weighted by Gasteiger charge is -2.16. The predicted octanol–water partition coefficient (Wildman–Crippen LogP) is 1.57. The lowest BCUT2D eigenvalue weighted by molar-refractivity contribution is 0.142. The van der Waals surface area contributed by atoms with Crippen LogP contribution in [0.5, 0.6) is 0 Å². The minimum absolute atomic E-state index is 0.117. The molecule has 0 spiro atoms. The summed E-state index contributed by atoms with van der Waals surface area (Å²) in [7, 11) is 1.61. The van der Waals surface area contributed by atoms with Gasteiger partial charge in [0.15, 0.2) is 23.1 Å². The highest BCUT2D eigenvalue weighted by molar-refractivity contribution is 7.80. The largest absolute Gasteiger partial charge is 0.442 e. The Morgan fingerprint density at radius 1 is 1.42 bits per heavy atom. The minimum atomic E-state index is -1.55. The number of benzene rings is 1. The fourth-order valence-corrected chi connectivity index (χ4v) is 2.46. The second-order valence-corrected chi connectivity index (χ2v) is 5.61. The first-order valence-corrected chi connectivity index (χ1v) is 7.71. The number of anilines is 1. The Kier molecular flexibility index (Phi) is 4.93. The molecule has 1 saturated heterocycles. The van der Waals surface area contributed by atoms with Gasteiger partial charge in [0.25, 0.3) is 5.89 Å². The maximum absolute atomic E-state index is 14.4. The van der Waals surface area contributed by atoms with Crippen LogP contribution in [0.4, 0.5) is 23.7 Å². The number of carbonyl (C=O) groups excluding carboxylic acids is 1. The number of nitrogens with one attached hydrogen (secondary N) is 2. The first kappa shape index (κ1) is 17.9. The number of halogens is 3. The van der Waals surface area contributed by atoms with E-state index in [9.17, 15) is 18.0 Å². The Bertz CT molecular complexity index is 849. The van der Waals surface area contributed by atoms with Gasteiger partial charge in [0, 0.05) is 13.1 Å². The molecule has 1 aliphatic rings. The normalized spacial score (nSPS) is 16.5. The maximum Gasteiger partial charge on any atom is 0.414 e. The summed E-state index contributed by atoms with van der Waals surface area (Å²) in [5.74, 6) is -4.66. The van der Waals surface area contributed by atoms with Gasteiger partial charge in [-0.05, 0) is 12.2 Å². The monoisotopic (exact) mass is 387 g/mol. The summed E-state index contributed by atoms with van der Waals surface area (Å²) in [6.07, 6.45) is -0.698. The lowest BCUT2D eigenvalue weighted by atomic mass is 10.1. The molecular formula is C14H12F3N5O3S.